The minimum atomic E-state index is -2.31. The average Bonchev–Trinajstić information content (AvgIpc) is 2.74. The van der Waals surface area contributed by atoms with Gasteiger partial charge in [0, 0.05) is 0 Å². The van der Waals surface area contributed by atoms with E-state index < -0.39 is 7.26 Å². The minimum absolute atomic E-state index is 0.149. The molecule has 4 aromatic rings. The molecule has 4 rings (SSSR count). The lowest BCUT2D eigenvalue weighted by Crippen LogP contribution is -2.40. The van der Waals surface area contributed by atoms with E-state index in [1.807, 2.05) is 31.2 Å². The highest BCUT2D eigenvalue weighted by atomic mass is 31.2. The molecule has 0 spiro atoms. The van der Waals surface area contributed by atoms with Crippen LogP contribution in [0, 0.1) is 13.8 Å². The Kier molecular flexibility index (Phi) is 5.03. The van der Waals surface area contributed by atoms with Crippen LogP contribution in [0.5, 0.6) is 5.75 Å². The fourth-order valence-corrected chi connectivity index (χ4v) is 8.47. The molecule has 0 amide bonds. The van der Waals surface area contributed by atoms with Crippen molar-refractivity contribution >= 4 is 28.5 Å². The Balaban J connectivity index is 2.21. The Morgan fingerprint density at radius 3 is 1.36 bits per heavy atom. The van der Waals surface area contributed by atoms with Gasteiger partial charge in [-0.05, 0) is 61.9 Å². The van der Waals surface area contributed by atoms with Crippen molar-refractivity contribution in [3.63, 3.8) is 0 Å². The van der Waals surface area contributed by atoms with E-state index in [0.717, 1.165) is 16.4 Å². The van der Waals surface area contributed by atoms with Crippen molar-refractivity contribution in [1.82, 2.24) is 0 Å². The summed E-state index contributed by atoms with van der Waals surface area (Å²) in [5, 5.41) is 18.0. The highest BCUT2D eigenvalue weighted by Gasteiger charge is 2.48. The van der Waals surface area contributed by atoms with Gasteiger partial charge in [0.2, 0.25) is 0 Å². The lowest BCUT2D eigenvalue weighted by Gasteiger charge is -2.31. The maximum absolute atomic E-state index is 13.5. The maximum atomic E-state index is 13.5. The standard InChI is InChI=1S/C26H23OP/c1-20-18-21(2)26(27)25(19-20)28(22-12-6-3-7-13-22,23-14-8-4-9-15-23)24-16-10-5-11-17-24/h3-19H,1-2H3. The quantitative estimate of drug-likeness (QED) is 0.490. The van der Waals surface area contributed by atoms with Crippen LogP contribution in [-0.4, -0.2) is 0 Å². The second kappa shape index (κ2) is 7.62. The molecule has 0 heterocycles. The van der Waals surface area contributed by atoms with Gasteiger partial charge in [-0.15, -0.1) is 0 Å². The predicted molar refractivity (Wildman–Crippen MR) is 120 cm³/mol. The summed E-state index contributed by atoms with van der Waals surface area (Å²) in [7, 11) is -2.31. The zero-order chi connectivity index (χ0) is 19.6. The molecule has 138 valence electrons. The van der Waals surface area contributed by atoms with Crippen LogP contribution in [0.4, 0.5) is 0 Å². The molecule has 28 heavy (non-hydrogen) atoms. The van der Waals surface area contributed by atoms with Gasteiger partial charge in [0.1, 0.15) is 28.5 Å². The highest BCUT2D eigenvalue weighted by Crippen LogP contribution is 2.56. The smallest absolute Gasteiger partial charge is 0.143 e. The summed E-state index contributed by atoms with van der Waals surface area (Å²) in [6, 6.07) is 35.7. The monoisotopic (exact) mass is 382 g/mol. The Morgan fingerprint density at radius 2 is 0.964 bits per heavy atom. The third kappa shape index (κ3) is 3.03. The van der Waals surface area contributed by atoms with Crippen molar-refractivity contribution < 1.29 is 5.11 Å². The molecule has 4 aromatic carbocycles. The Bertz CT molecular complexity index is 977. The summed E-state index contributed by atoms with van der Waals surface area (Å²) in [5.74, 6) is 0.149. The van der Waals surface area contributed by atoms with Crippen molar-refractivity contribution in [3.05, 3.63) is 114 Å². The molecule has 0 fully saturated rings. The van der Waals surface area contributed by atoms with Crippen LogP contribution < -0.4 is 26.3 Å². The van der Waals surface area contributed by atoms with Gasteiger partial charge in [-0.3, -0.25) is 0 Å². The summed E-state index contributed by atoms with van der Waals surface area (Å²) < 4.78 is 0. The van der Waals surface area contributed by atoms with Gasteiger partial charge in [-0.25, -0.2) is 0 Å². The van der Waals surface area contributed by atoms with Crippen molar-refractivity contribution in [2.75, 3.05) is 0 Å². The van der Waals surface area contributed by atoms with Crippen molar-refractivity contribution in [1.29, 1.82) is 0 Å². The first-order valence-electron chi connectivity index (χ1n) is 9.49. The maximum Gasteiger partial charge on any atom is 0.143 e. The van der Waals surface area contributed by atoms with E-state index in [1.165, 1.54) is 15.9 Å². The summed E-state index contributed by atoms with van der Waals surface area (Å²) in [6.45, 7) is 4.00. The van der Waals surface area contributed by atoms with Crippen LogP contribution in [0.3, 0.4) is 0 Å². The zero-order valence-electron chi connectivity index (χ0n) is 16.2. The van der Waals surface area contributed by atoms with Crippen LogP contribution in [0.25, 0.3) is 0 Å². The third-order valence-electron chi connectivity index (χ3n) is 5.19. The van der Waals surface area contributed by atoms with Crippen LogP contribution >= 0.6 is 7.26 Å². The summed E-state index contributed by atoms with van der Waals surface area (Å²) >= 11 is 0. The second-order valence-corrected chi connectivity index (χ2v) is 10.5. The van der Waals surface area contributed by atoms with Gasteiger partial charge >= 0.3 is 0 Å². The first kappa shape index (κ1) is 18.5. The third-order valence-corrected chi connectivity index (χ3v) is 9.46. The molecule has 0 saturated carbocycles. The highest BCUT2D eigenvalue weighted by molar-refractivity contribution is 8.01. The second-order valence-electron chi connectivity index (χ2n) is 7.11. The molecular weight excluding hydrogens is 359 g/mol. The zero-order valence-corrected chi connectivity index (χ0v) is 17.1. The molecule has 0 atom stereocenters. The van der Waals surface area contributed by atoms with Crippen LogP contribution in [0.2, 0.25) is 0 Å². The molecule has 0 unspecified atom stereocenters. The molecule has 0 radical (unpaired) electrons. The van der Waals surface area contributed by atoms with Gasteiger partial charge in [0.05, 0.1) is 0 Å². The van der Waals surface area contributed by atoms with Crippen LogP contribution in [0.1, 0.15) is 11.1 Å². The molecule has 0 aliphatic rings. The summed E-state index contributed by atoms with van der Waals surface area (Å²) in [6.07, 6.45) is 0. The first-order valence-corrected chi connectivity index (χ1v) is 11.3. The van der Waals surface area contributed by atoms with Crippen LogP contribution in [-0.2, 0) is 0 Å². The van der Waals surface area contributed by atoms with Gasteiger partial charge in [0.15, 0.2) is 0 Å². The average molecular weight is 382 g/mol. The first-order chi connectivity index (χ1) is 13.6. The lowest BCUT2D eigenvalue weighted by atomic mass is 10.1. The van der Waals surface area contributed by atoms with Crippen molar-refractivity contribution in [2.24, 2.45) is 0 Å². The lowest BCUT2D eigenvalue weighted by molar-refractivity contribution is -0.267. The van der Waals surface area contributed by atoms with Gasteiger partial charge in [-0.2, -0.15) is 0 Å². The van der Waals surface area contributed by atoms with E-state index >= 15 is 0 Å². The normalized spacial score (nSPS) is 11.4. The van der Waals surface area contributed by atoms with Crippen molar-refractivity contribution in [2.45, 2.75) is 13.8 Å². The van der Waals surface area contributed by atoms with E-state index in [1.54, 1.807) is 0 Å². The largest absolute Gasteiger partial charge is 0.870 e. The van der Waals surface area contributed by atoms with E-state index in [2.05, 4.69) is 85.8 Å². The van der Waals surface area contributed by atoms with E-state index in [9.17, 15) is 5.11 Å². The molecule has 0 bridgehead atoms. The van der Waals surface area contributed by atoms with E-state index in [0.29, 0.717) is 0 Å². The molecule has 0 aliphatic heterocycles. The number of hydrogen-bond donors (Lipinski definition) is 0. The molecule has 0 aromatic heterocycles. The van der Waals surface area contributed by atoms with Gasteiger partial charge in [0.25, 0.3) is 0 Å². The molecular formula is C26H23OP. The Morgan fingerprint density at radius 1 is 0.571 bits per heavy atom. The number of aryl methyl sites for hydroxylation is 2. The van der Waals surface area contributed by atoms with Crippen LogP contribution in [0.15, 0.2) is 103 Å². The minimum Gasteiger partial charge on any atom is -0.870 e. The molecule has 0 saturated heterocycles. The molecule has 0 N–H and O–H groups in total. The number of rotatable bonds is 4. The summed E-state index contributed by atoms with van der Waals surface area (Å²) in [4.78, 5) is 0. The van der Waals surface area contributed by atoms with Gasteiger partial charge in [-0.1, -0.05) is 72.0 Å². The van der Waals surface area contributed by atoms with Crippen molar-refractivity contribution in [3.8, 4) is 5.75 Å². The SMILES string of the molecule is Cc1cc(C)c([O-])c([P+](c2ccccc2)(c2ccccc2)c2ccccc2)c1. The van der Waals surface area contributed by atoms with E-state index in [4.69, 9.17) is 0 Å². The summed E-state index contributed by atoms with van der Waals surface area (Å²) in [5.41, 5.74) is 1.93. The molecule has 0 aliphatic carbocycles. The van der Waals surface area contributed by atoms with E-state index in [-0.39, 0.29) is 5.75 Å². The van der Waals surface area contributed by atoms with Gasteiger partial charge < -0.3 is 5.11 Å². The Labute approximate surface area is 167 Å². The topological polar surface area (TPSA) is 23.1 Å². The number of hydrogen-bond acceptors (Lipinski definition) is 1. The Hall–Kier alpha value is -2.89. The predicted octanol–water partition coefficient (Wildman–Crippen LogP) is 4.00. The molecule has 2 heteroatoms. The number of benzene rings is 4. The fourth-order valence-electron chi connectivity index (χ4n) is 4.00. The fraction of sp³-hybridized carbons (Fsp3) is 0.0769. The molecule has 1 nitrogen and oxygen atoms in total.